The quantitative estimate of drug-likeness (QED) is 0.624. The highest BCUT2D eigenvalue weighted by molar-refractivity contribution is 6.33. The van der Waals surface area contributed by atoms with Crippen molar-refractivity contribution in [3.63, 3.8) is 0 Å². The van der Waals surface area contributed by atoms with Gasteiger partial charge >= 0.3 is 11.9 Å². The summed E-state index contributed by atoms with van der Waals surface area (Å²) in [6, 6.07) is 8.54. The number of ether oxygens (including phenoxy) is 2. The predicted molar refractivity (Wildman–Crippen MR) is 71.6 cm³/mol. The van der Waals surface area contributed by atoms with Crippen LogP contribution in [0.3, 0.4) is 0 Å². The van der Waals surface area contributed by atoms with E-state index in [1.165, 1.54) is 19.9 Å². The van der Waals surface area contributed by atoms with E-state index in [0.717, 1.165) is 0 Å². The highest BCUT2D eigenvalue weighted by atomic mass is 35.5. The van der Waals surface area contributed by atoms with Crippen LogP contribution < -0.4 is 9.47 Å². The summed E-state index contributed by atoms with van der Waals surface area (Å²) in [6.07, 6.45) is 0. The fraction of sp³-hybridized carbons (Fsp3) is 0.143. The van der Waals surface area contributed by atoms with Crippen LogP contribution in [0.15, 0.2) is 30.3 Å². The van der Waals surface area contributed by atoms with Gasteiger partial charge in [-0.3, -0.25) is 9.59 Å². The minimum atomic E-state index is -0.465. The van der Waals surface area contributed by atoms with Gasteiger partial charge in [0.05, 0.1) is 5.02 Å². The lowest BCUT2D eigenvalue weighted by molar-refractivity contribution is -0.132. The molecule has 0 heterocycles. The van der Waals surface area contributed by atoms with E-state index < -0.39 is 11.9 Å². The van der Waals surface area contributed by atoms with Crippen LogP contribution in [0, 0.1) is 0 Å². The minimum absolute atomic E-state index is 0.213. The standard InChI is InChI=1S/C14H11ClO4/c1-8(16)18-13-7-12(15)14(19-9(2)17)11-6-4-3-5-10(11)13/h3-7H,1-2H3. The average Bonchev–Trinajstić information content (AvgIpc) is 2.33. The van der Waals surface area contributed by atoms with Crippen LogP contribution in [-0.2, 0) is 9.59 Å². The Hall–Kier alpha value is -2.07. The number of carbonyl (C=O) groups excluding carboxylic acids is 2. The number of hydrogen-bond acceptors (Lipinski definition) is 4. The second-order valence-electron chi connectivity index (χ2n) is 3.92. The molecule has 0 bridgehead atoms. The van der Waals surface area contributed by atoms with Crippen molar-refractivity contribution in [3.8, 4) is 11.5 Å². The highest BCUT2D eigenvalue weighted by Crippen LogP contribution is 2.39. The van der Waals surface area contributed by atoms with Gasteiger partial charge in [-0.15, -0.1) is 0 Å². The third-order valence-electron chi connectivity index (χ3n) is 2.41. The molecular formula is C14H11ClO4. The second kappa shape index (κ2) is 5.28. The number of fused-ring (bicyclic) bond motifs is 1. The van der Waals surface area contributed by atoms with Crippen LogP contribution in [0.4, 0.5) is 0 Å². The summed E-state index contributed by atoms with van der Waals surface area (Å²) in [6.45, 7) is 2.60. The monoisotopic (exact) mass is 278 g/mol. The highest BCUT2D eigenvalue weighted by Gasteiger charge is 2.15. The lowest BCUT2D eigenvalue weighted by Gasteiger charge is -2.12. The molecule has 5 heteroatoms. The van der Waals surface area contributed by atoms with Gasteiger partial charge in [-0.2, -0.15) is 0 Å². The summed E-state index contributed by atoms with van der Waals surface area (Å²) in [7, 11) is 0. The first-order valence-electron chi connectivity index (χ1n) is 5.57. The average molecular weight is 279 g/mol. The molecule has 0 fully saturated rings. The molecule has 0 aromatic heterocycles. The SMILES string of the molecule is CC(=O)Oc1cc(Cl)c(OC(C)=O)c2ccccc12. The largest absolute Gasteiger partial charge is 0.426 e. The Bertz CT molecular complexity index is 664. The Labute approximate surface area is 114 Å². The maximum atomic E-state index is 11.1. The molecule has 2 aromatic rings. The summed E-state index contributed by atoms with van der Waals surface area (Å²) in [4.78, 5) is 22.2. The molecular weight excluding hydrogens is 268 g/mol. The van der Waals surface area contributed by atoms with E-state index in [9.17, 15) is 9.59 Å². The summed E-state index contributed by atoms with van der Waals surface area (Å²) in [5.41, 5.74) is 0. The number of rotatable bonds is 2. The van der Waals surface area contributed by atoms with Crippen LogP contribution >= 0.6 is 11.6 Å². The zero-order valence-electron chi connectivity index (χ0n) is 10.4. The Morgan fingerprint density at radius 3 is 2.16 bits per heavy atom. The van der Waals surface area contributed by atoms with Crippen molar-refractivity contribution in [2.24, 2.45) is 0 Å². The molecule has 0 unspecified atom stereocenters. The molecule has 19 heavy (non-hydrogen) atoms. The van der Waals surface area contributed by atoms with Gasteiger partial charge in [-0.25, -0.2) is 0 Å². The molecule has 2 rings (SSSR count). The fourth-order valence-electron chi connectivity index (χ4n) is 1.77. The van der Waals surface area contributed by atoms with E-state index in [2.05, 4.69) is 0 Å². The molecule has 0 saturated carbocycles. The smallest absolute Gasteiger partial charge is 0.308 e. The lowest BCUT2D eigenvalue weighted by Crippen LogP contribution is -2.05. The maximum absolute atomic E-state index is 11.1. The van der Waals surface area contributed by atoms with Gasteiger partial charge in [-0.1, -0.05) is 35.9 Å². The Kier molecular flexibility index (Phi) is 3.71. The molecule has 0 aliphatic carbocycles. The van der Waals surface area contributed by atoms with Crippen molar-refractivity contribution < 1.29 is 19.1 Å². The van der Waals surface area contributed by atoms with Gasteiger partial charge in [0.15, 0.2) is 5.75 Å². The molecule has 0 aliphatic rings. The summed E-state index contributed by atoms with van der Waals surface area (Å²) >= 11 is 6.07. The first-order valence-corrected chi connectivity index (χ1v) is 5.95. The molecule has 0 N–H and O–H groups in total. The van der Waals surface area contributed by atoms with Gasteiger partial charge in [-0.05, 0) is 0 Å². The van der Waals surface area contributed by atoms with Crippen LogP contribution in [-0.4, -0.2) is 11.9 Å². The van der Waals surface area contributed by atoms with E-state index >= 15 is 0 Å². The molecule has 2 aromatic carbocycles. The first kappa shape index (κ1) is 13.4. The number of esters is 2. The Morgan fingerprint density at radius 1 is 1.00 bits per heavy atom. The molecule has 98 valence electrons. The van der Waals surface area contributed by atoms with E-state index in [0.29, 0.717) is 16.5 Å². The summed E-state index contributed by atoms with van der Waals surface area (Å²) in [5, 5.41) is 1.48. The molecule has 0 atom stereocenters. The van der Waals surface area contributed by atoms with Crippen molar-refractivity contribution in [1.82, 2.24) is 0 Å². The first-order chi connectivity index (χ1) is 8.99. The molecule has 0 saturated heterocycles. The third-order valence-corrected chi connectivity index (χ3v) is 2.69. The number of carbonyl (C=O) groups is 2. The van der Waals surface area contributed by atoms with Gasteiger partial charge in [0.2, 0.25) is 0 Å². The van der Waals surface area contributed by atoms with Crippen molar-refractivity contribution in [2.45, 2.75) is 13.8 Å². The van der Waals surface area contributed by atoms with Crippen LogP contribution in [0.2, 0.25) is 5.02 Å². The molecule has 0 radical (unpaired) electrons. The lowest BCUT2D eigenvalue weighted by atomic mass is 10.1. The molecule has 0 aliphatic heterocycles. The van der Waals surface area contributed by atoms with E-state index in [4.69, 9.17) is 21.1 Å². The summed E-state index contributed by atoms with van der Waals surface area (Å²) < 4.78 is 10.2. The topological polar surface area (TPSA) is 52.6 Å². The van der Waals surface area contributed by atoms with E-state index in [-0.39, 0.29) is 10.8 Å². The van der Waals surface area contributed by atoms with Gasteiger partial charge in [0.25, 0.3) is 0 Å². The van der Waals surface area contributed by atoms with Crippen molar-refractivity contribution in [2.75, 3.05) is 0 Å². The number of halogens is 1. The minimum Gasteiger partial charge on any atom is -0.426 e. The van der Waals surface area contributed by atoms with Gasteiger partial charge < -0.3 is 9.47 Å². The molecule has 4 nitrogen and oxygen atoms in total. The fourth-order valence-corrected chi connectivity index (χ4v) is 2.01. The normalized spacial score (nSPS) is 10.3. The predicted octanol–water partition coefficient (Wildman–Crippen LogP) is 3.34. The van der Waals surface area contributed by atoms with Crippen molar-refractivity contribution in [3.05, 3.63) is 35.4 Å². The third kappa shape index (κ3) is 2.85. The Balaban J connectivity index is 2.69. The van der Waals surface area contributed by atoms with Crippen molar-refractivity contribution >= 4 is 34.3 Å². The van der Waals surface area contributed by atoms with Crippen LogP contribution in [0.1, 0.15) is 13.8 Å². The van der Waals surface area contributed by atoms with E-state index in [1.807, 2.05) is 0 Å². The van der Waals surface area contributed by atoms with Crippen LogP contribution in [0.5, 0.6) is 11.5 Å². The number of hydrogen-bond donors (Lipinski definition) is 0. The zero-order valence-corrected chi connectivity index (χ0v) is 11.2. The van der Waals surface area contributed by atoms with Crippen molar-refractivity contribution in [1.29, 1.82) is 0 Å². The number of benzene rings is 2. The zero-order chi connectivity index (χ0) is 14.0. The van der Waals surface area contributed by atoms with Gasteiger partial charge in [0.1, 0.15) is 5.75 Å². The summed E-state index contributed by atoms with van der Waals surface area (Å²) in [5.74, 6) is -0.307. The van der Waals surface area contributed by atoms with Crippen LogP contribution in [0.25, 0.3) is 10.8 Å². The maximum Gasteiger partial charge on any atom is 0.308 e. The van der Waals surface area contributed by atoms with E-state index in [1.54, 1.807) is 24.3 Å². The Morgan fingerprint density at radius 2 is 1.58 bits per heavy atom. The second-order valence-corrected chi connectivity index (χ2v) is 4.33. The molecule has 0 amide bonds. The molecule has 0 spiro atoms. The van der Waals surface area contributed by atoms with Gasteiger partial charge in [0, 0.05) is 30.7 Å².